The molecule has 1 rings (SSSR count). The molecule has 0 unspecified atom stereocenters. The second-order valence-electron chi connectivity index (χ2n) is 2.42. The predicted octanol–water partition coefficient (Wildman–Crippen LogP) is 1.73. The van der Waals surface area contributed by atoms with Crippen molar-refractivity contribution in [3.63, 3.8) is 0 Å². The third kappa shape index (κ3) is 1.95. The van der Waals surface area contributed by atoms with Crippen molar-refractivity contribution in [2.45, 2.75) is 6.43 Å². The number of carboxylic acid groups (broad SMARTS) is 1. The van der Waals surface area contributed by atoms with Crippen molar-refractivity contribution < 1.29 is 23.4 Å². The van der Waals surface area contributed by atoms with Crippen molar-refractivity contribution >= 4 is 5.97 Å². The van der Waals surface area contributed by atoms with E-state index in [1.54, 1.807) is 0 Å². The number of aromatic nitrogens is 1. The number of carbonyl (C=O) groups is 1. The van der Waals surface area contributed by atoms with Crippen LogP contribution < -0.4 is 4.74 Å². The molecule has 0 aromatic carbocycles. The number of halogens is 2. The first-order valence-corrected chi connectivity index (χ1v) is 3.61. The molecule has 0 spiro atoms. The molecule has 0 bridgehead atoms. The van der Waals surface area contributed by atoms with Gasteiger partial charge >= 0.3 is 5.97 Å². The van der Waals surface area contributed by atoms with Crippen LogP contribution in [0.1, 0.15) is 22.5 Å². The third-order valence-corrected chi connectivity index (χ3v) is 1.56. The van der Waals surface area contributed by atoms with Gasteiger partial charge in [-0.05, 0) is 6.07 Å². The number of aromatic carboxylic acids is 1. The van der Waals surface area contributed by atoms with E-state index in [0.29, 0.717) is 0 Å². The SMILES string of the molecule is COc1cnc(C(F)F)cc1C(=O)O. The highest BCUT2D eigenvalue weighted by atomic mass is 19.3. The van der Waals surface area contributed by atoms with E-state index in [1.165, 1.54) is 7.11 Å². The van der Waals surface area contributed by atoms with Gasteiger partial charge in [-0.3, -0.25) is 4.98 Å². The number of nitrogens with zero attached hydrogens (tertiary/aromatic N) is 1. The lowest BCUT2D eigenvalue weighted by molar-refractivity contribution is 0.0692. The van der Waals surface area contributed by atoms with Crippen molar-refractivity contribution in [3.05, 3.63) is 23.5 Å². The number of alkyl halides is 2. The number of rotatable bonds is 3. The minimum atomic E-state index is -2.79. The molecule has 1 N–H and O–H groups in total. The summed E-state index contributed by atoms with van der Waals surface area (Å²) in [4.78, 5) is 14.0. The maximum Gasteiger partial charge on any atom is 0.339 e. The van der Waals surface area contributed by atoms with E-state index < -0.39 is 18.1 Å². The van der Waals surface area contributed by atoms with Gasteiger partial charge in [0.2, 0.25) is 0 Å². The van der Waals surface area contributed by atoms with Gasteiger partial charge in [0.15, 0.2) is 5.75 Å². The Labute approximate surface area is 78.1 Å². The van der Waals surface area contributed by atoms with Gasteiger partial charge in [-0.15, -0.1) is 0 Å². The molecule has 0 aliphatic rings. The summed E-state index contributed by atoms with van der Waals surface area (Å²) in [5.74, 6) is -1.37. The summed E-state index contributed by atoms with van der Waals surface area (Å²) in [6.07, 6.45) is -1.83. The van der Waals surface area contributed by atoms with Gasteiger partial charge in [-0.2, -0.15) is 0 Å². The Morgan fingerprint density at radius 1 is 1.64 bits per heavy atom. The Bertz CT molecular complexity index is 354. The Morgan fingerprint density at radius 3 is 2.71 bits per heavy atom. The van der Waals surface area contributed by atoms with E-state index in [0.717, 1.165) is 12.3 Å². The molecule has 0 fully saturated rings. The van der Waals surface area contributed by atoms with Crippen molar-refractivity contribution in [3.8, 4) is 5.75 Å². The molecule has 0 saturated heterocycles. The summed E-state index contributed by atoms with van der Waals surface area (Å²) < 4.78 is 29.0. The maximum atomic E-state index is 12.1. The fraction of sp³-hybridized carbons (Fsp3) is 0.250. The van der Waals surface area contributed by atoms with Gasteiger partial charge in [-0.1, -0.05) is 0 Å². The third-order valence-electron chi connectivity index (χ3n) is 1.56. The van der Waals surface area contributed by atoms with Gasteiger partial charge in [0, 0.05) is 0 Å². The van der Waals surface area contributed by atoms with Crippen LogP contribution in [0.25, 0.3) is 0 Å². The minimum absolute atomic E-state index is 0.0399. The molecule has 0 radical (unpaired) electrons. The molecule has 4 nitrogen and oxygen atoms in total. The molecule has 14 heavy (non-hydrogen) atoms. The molecule has 1 heterocycles. The van der Waals surface area contributed by atoms with Crippen molar-refractivity contribution in [1.29, 1.82) is 0 Å². The molecular formula is C8H7F2NO3. The smallest absolute Gasteiger partial charge is 0.339 e. The van der Waals surface area contributed by atoms with E-state index in [9.17, 15) is 13.6 Å². The number of ether oxygens (including phenoxy) is 1. The summed E-state index contributed by atoms with van der Waals surface area (Å²) in [7, 11) is 1.24. The molecule has 1 aromatic heterocycles. The lowest BCUT2D eigenvalue weighted by atomic mass is 10.2. The zero-order chi connectivity index (χ0) is 10.7. The first-order chi connectivity index (χ1) is 6.56. The van der Waals surface area contributed by atoms with Crippen molar-refractivity contribution in [2.24, 2.45) is 0 Å². The van der Waals surface area contributed by atoms with Crippen LogP contribution in [-0.2, 0) is 0 Å². The molecule has 6 heteroatoms. The van der Waals surface area contributed by atoms with E-state index in [4.69, 9.17) is 5.11 Å². The van der Waals surface area contributed by atoms with E-state index >= 15 is 0 Å². The average Bonchev–Trinajstić information content (AvgIpc) is 2.16. The molecule has 0 atom stereocenters. The Balaban J connectivity index is 3.21. The molecular weight excluding hydrogens is 196 g/mol. The first-order valence-electron chi connectivity index (χ1n) is 3.61. The summed E-state index contributed by atoms with van der Waals surface area (Å²) in [6, 6.07) is 0.797. The zero-order valence-corrected chi connectivity index (χ0v) is 7.20. The normalized spacial score (nSPS) is 10.3. The van der Waals surface area contributed by atoms with Crippen molar-refractivity contribution in [1.82, 2.24) is 4.98 Å². The van der Waals surface area contributed by atoms with E-state index in [1.807, 2.05) is 0 Å². The minimum Gasteiger partial charge on any atom is -0.494 e. The van der Waals surface area contributed by atoms with Crippen LogP contribution in [-0.4, -0.2) is 23.2 Å². The van der Waals surface area contributed by atoms with Gasteiger partial charge < -0.3 is 9.84 Å². The topological polar surface area (TPSA) is 59.4 Å². The Morgan fingerprint density at radius 2 is 2.29 bits per heavy atom. The van der Waals surface area contributed by atoms with Crippen LogP contribution in [0.4, 0.5) is 8.78 Å². The lowest BCUT2D eigenvalue weighted by Gasteiger charge is -2.05. The fourth-order valence-electron chi connectivity index (χ4n) is 0.908. The highest BCUT2D eigenvalue weighted by Crippen LogP contribution is 2.23. The van der Waals surface area contributed by atoms with E-state index in [-0.39, 0.29) is 11.3 Å². The molecule has 76 valence electrons. The molecule has 0 amide bonds. The summed E-state index contributed by atoms with van der Waals surface area (Å²) in [5.41, 5.74) is -0.902. The zero-order valence-electron chi connectivity index (χ0n) is 7.20. The number of pyridine rings is 1. The summed E-state index contributed by atoms with van der Waals surface area (Å²) in [6.45, 7) is 0. The largest absolute Gasteiger partial charge is 0.494 e. The van der Waals surface area contributed by atoms with Crippen LogP contribution in [0.5, 0.6) is 5.75 Å². The van der Waals surface area contributed by atoms with E-state index in [2.05, 4.69) is 9.72 Å². The molecule has 0 aliphatic carbocycles. The summed E-state index contributed by atoms with van der Waals surface area (Å²) >= 11 is 0. The quantitative estimate of drug-likeness (QED) is 0.812. The van der Waals surface area contributed by atoms with Gasteiger partial charge in [-0.25, -0.2) is 13.6 Å². The fourth-order valence-corrected chi connectivity index (χ4v) is 0.908. The maximum absolute atomic E-state index is 12.1. The standard InChI is InChI=1S/C8H7F2NO3/c1-14-6-3-11-5(7(9)10)2-4(6)8(12)13/h2-3,7H,1H3,(H,12,13). The molecule has 0 aliphatic heterocycles. The van der Waals surface area contributed by atoms with Gasteiger partial charge in [0.25, 0.3) is 6.43 Å². The first kappa shape index (κ1) is 10.4. The second kappa shape index (κ2) is 3.99. The number of hydrogen-bond acceptors (Lipinski definition) is 3. The highest BCUT2D eigenvalue weighted by molar-refractivity contribution is 5.90. The Hall–Kier alpha value is -1.72. The Kier molecular flexibility index (Phi) is 2.95. The van der Waals surface area contributed by atoms with Crippen LogP contribution in [0.15, 0.2) is 12.3 Å². The molecule has 0 saturated carbocycles. The van der Waals surface area contributed by atoms with Crippen LogP contribution in [0.3, 0.4) is 0 Å². The predicted molar refractivity (Wildman–Crippen MR) is 42.7 cm³/mol. The number of hydrogen-bond donors (Lipinski definition) is 1. The summed E-state index contributed by atoms with van der Waals surface area (Å²) in [5, 5.41) is 8.65. The van der Waals surface area contributed by atoms with Crippen LogP contribution in [0, 0.1) is 0 Å². The second-order valence-corrected chi connectivity index (χ2v) is 2.42. The van der Waals surface area contributed by atoms with Gasteiger partial charge in [0.1, 0.15) is 11.3 Å². The van der Waals surface area contributed by atoms with Crippen molar-refractivity contribution in [2.75, 3.05) is 7.11 Å². The van der Waals surface area contributed by atoms with Crippen LogP contribution in [0.2, 0.25) is 0 Å². The highest BCUT2D eigenvalue weighted by Gasteiger charge is 2.16. The lowest BCUT2D eigenvalue weighted by Crippen LogP contribution is -2.03. The number of methoxy groups -OCH3 is 1. The average molecular weight is 203 g/mol. The van der Waals surface area contributed by atoms with Crippen LogP contribution >= 0.6 is 0 Å². The number of carboxylic acids is 1. The molecule has 1 aromatic rings. The van der Waals surface area contributed by atoms with Gasteiger partial charge in [0.05, 0.1) is 13.3 Å². The monoisotopic (exact) mass is 203 g/mol.